The first-order chi connectivity index (χ1) is 11.2. The Morgan fingerprint density at radius 2 is 2.39 bits per heavy atom. The van der Waals surface area contributed by atoms with E-state index in [1.807, 2.05) is 17.0 Å². The Kier molecular flexibility index (Phi) is 4.76. The maximum atomic E-state index is 11.7. The summed E-state index contributed by atoms with van der Waals surface area (Å²) >= 11 is 0. The largest absolute Gasteiger partial charge is 0.383 e. The van der Waals surface area contributed by atoms with Crippen molar-refractivity contribution in [2.75, 3.05) is 33.9 Å². The van der Waals surface area contributed by atoms with E-state index in [1.54, 1.807) is 20.4 Å². The number of urea groups is 1. The molecule has 1 aliphatic heterocycles. The Bertz CT molecular complexity index is 684. The zero-order chi connectivity index (χ0) is 16.2. The Labute approximate surface area is 135 Å². The molecule has 1 atom stereocenters. The van der Waals surface area contributed by atoms with E-state index in [4.69, 9.17) is 9.72 Å². The molecular weight excluding hydrogens is 294 g/mol. The topological polar surface area (TPSA) is 72.3 Å². The molecule has 7 nitrogen and oxygen atoms in total. The van der Waals surface area contributed by atoms with Crippen LogP contribution in [0, 0.1) is 5.92 Å². The number of imidazole rings is 1. The third kappa shape index (κ3) is 3.29. The third-order valence-electron chi connectivity index (χ3n) is 4.36. The summed E-state index contributed by atoms with van der Waals surface area (Å²) in [5.74, 6) is 1.46. The smallest absolute Gasteiger partial charge is 0.317 e. The molecule has 2 amide bonds. The number of hydrogen-bond donors (Lipinski definition) is 1. The van der Waals surface area contributed by atoms with E-state index in [0.717, 1.165) is 49.5 Å². The first kappa shape index (κ1) is 15.7. The van der Waals surface area contributed by atoms with Crippen molar-refractivity contribution >= 4 is 17.2 Å². The van der Waals surface area contributed by atoms with Crippen LogP contribution in [0.3, 0.4) is 0 Å². The van der Waals surface area contributed by atoms with Gasteiger partial charge >= 0.3 is 6.03 Å². The molecule has 1 fully saturated rings. The van der Waals surface area contributed by atoms with E-state index in [2.05, 4.69) is 14.9 Å². The van der Waals surface area contributed by atoms with E-state index < -0.39 is 0 Å². The van der Waals surface area contributed by atoms with Gasteiger partial charge in [-0.3, -0.25) is 0 Å². The van der Waals surface area contributed by atoms with Crippen LogP contribution in [0.1, 0.15) is 12.2 Å². The molecule has 1 unspecified atom stereocenters. The number of carbonyl (C=O) groups is 1. The Hall–Kier alpha value is -2.15. The molecular formula is C16H23N5O2. The highest BCUT2D eigenvalue weighted by Crippen LogP contribution is 2.23. The van der Waals surface area contributed by atoms with E-state index in [1.165, 1.54) is 0 Å². The second-order valence-electron chi connectivity index (χ2n) is 5.88. The van der Waals surface area contributed by atoms with Crippen LogP contribution in [0.25, 0.3) is 11.2 Å². The average molecular weight is 317 g/mol. The van der Waals surface area contributed by atoms with Crippen LogP contribution in [-0.2, 0) is 17.7 Å². The third-order valence-corrected chi connectivity index (χ3v) is 4.36. The van der Waals surface area contributed by atoms with Crippen molar-refractivity contribution in [1.82, 2.24) is 24.8 Å². The molecule has 0 saturated carbocycles. The van der Waals surface area contributed by atoms with Gasteiger partial charge in [0.25, 0.3) is 0 Å². The molecule has 2 aromatic rings. The highest BCUT2D eigenvalue weighted by Gasteiger charge is 2.27. The monoisotopic (exact) mass is 317 g/mol. The number of ether oxygens (including phenoxy) is 1. The van der Waals surface area contributed by atoms with E-state index in [0.29, 0.717) is 12.5 Å². The van der Waals surface area contributed by atoms with Gasteiger partial charge in [0.1, 0.15) is 11.3 Å². The van der Waals surface area contributed by atoms with Gasteiger partial charge in [0, 0.05) is 46.4 Å². The summed E-state index contributed by atoms with van der Waals surface area (Å²) in [6.45, 7) is 2.96. The van der Waals surface area contributed by atoms with E-state index in [-0.39, 0.29) is 6.03 Å². The molecule has 0 aromatic carbocycles. The highest BCUT2D eigenvalue weighted by molar-refractivity contribution is 5.74. The predicted molar refractivity (Wildman–Crippen MR) is 87.2 cm³/mol. The van der Waals surface area contributed by atoms with Crippen LogP contribution in [0.15, 0.2) is 18.3 Å². The maximum absolute atomic E-state index is 11.7. The van der Waals surface area contributed by atoms with Gasteiger partial charge in [-0.2, -0.15) is 0 Å². The molecule has 23 heavy (non-hydrogen) atoms. The minimum atomic E-state index is 0.00190. The number of rotatable bonds is 5. The molecule has 3 rings (SSSR count). The van der Waals surface area contributed by atoms with E-state index in [9.17, 15) is 4.79 Å². The minimum Gasteiger partial charge on any atom is -0.383 e. The molecule has 1 N–H and O–H groups in total. The first-order valence-electron chi connectivity index (χ1n) is 7.98. The van der Waals surface area contributed by atoms with Crippen molar-refractivity contribution in [2.45, 2.75) is 19.4 Å². The minimum absolute atomic E-state index is 0.00190. The Balaban J connectivity index is 1.78. The number of pyridine rings is 1. The molecule has 1 saturated heterocycles. The number of aromatic nitrogens is 3. The van der Waals surface area contributed by atoms with E-state index >= 15 is 0 Å². The number of fused-ring (bicyclic) bond motifs is 1. The highest BCUT2D eigenvalue weighted by atomic mass is 16.5. The number of hydrogen-bond acceptors (Lipinski definition) is 4. The molecule has 3 heterocycles. The number of likely N-dealkylation sites (tertiary alicyclic amines) is 1. The normalized spacial score (nSPS) is 17.8. The van der Waals surface area contributed by atoms with Crippen LogP contribution < -0.4 is 5.32 Å². The summed E-state index contributed by atoms with van der Waals surface area (Å²) < 4.78 is 7.35. The van der Waals surface area contributed by atoms with Crippen LogP contribution in [-0.4, -0.2) is 59.3 Å². The average Bonchev–Trinajstić information content (AvgIpc) is 3.17. The molecule has 1 aliphatic rings. The molecule has 0 bridgehead atoms. The number of carbonyl (C=O) groups excluding carboxylic acids is 1. The SMILES string of the molecule is CNC(=O)N1CCC(Cc2nc3cccnc3n2CCOC)C1. The summed E-state index contributed by atoms with van der Waals surface area (Å²) in [7, 11) is 3.37. The van der Waals surface area contributed by atoms with Crippen molar-refractivity contribution in [2.24, 2.45) is 5.92 Å². The van der Waals surface area contributed by atoms with Crippen molar-refractivity contribution < 1.29 is 9.53 Å². The fourth-order valence-electron chi connectivity index (χ4n) is 3.18. The van der Waals surface area contributed by atoms with Gasteiger partial charge in [0.15, 0.2) is 5.65 Å². The standard InChI is InChI=1S/C16H23N5O2/c1-17-16(22)20-7-5-12(11-20)10-14-19-13-4-3-6-18-15(13)21(14)8-9-23-2/h3-4,6,12H,5,7-11H2,1-2H3,(H,17,22). The summed E-state index contributed by atoms with van der Waals surface area (Å²) in [5, 5.41) is 2.69. The van der Waals surface area contributed by atoms with Gasteiger partial charge in [-0.25, -0.2) is 14.8 Å². The van der Waals surface area contributed by atoms with Gasteiger partial charge in [0.05, 0.1) is 6.61 Å². The van der Waals surface area contributed by atoms with Crippen molar-refractivity contribution in [1.29, 1.82) is 0 Å². The molecule has 7 heteroatoms. The Morgan fingerprint density at radius 1 is 1.52 bits per heavy atom. The van der Waals surface area contributed by atoms with Crippen molar-refractivity contribution in [3.8, 4) is 0 Å². The fourth-order valence-corrected chi connectivity index (χ4v) is 3.18. The van der Waals surface area contributed by atoms with Gasteiger partial charge < -0.3 is 19.5 Å². The Morgan fingerprint density at radius 3 is 3.17 bits per heavy atom. The summed E-state index contributed by atoms with van der Waals surface area (Å²) in [6.07, 6.45) is 3.65. The number of amides is 2. The van der Waals surface area contributed by atoms with Crippen LogP contribution in [0.4, 0.5) is 4.79 Å². The lowest BCUT2D eigenvalue weighted by molar-refractivity contribution is 0.187. The first-order valence-corrected chi connectivity index (χ1v) is 7.98. The number of methoxy groups -OCH3 is 1. The maximum Gasteiger partial charge on any atom is 0.317 e. The van der Waals surface area contributed by atoms with Crippen LogP contribution >= 0.6 is 0 Å². The molecule has 0 aliphatic carbocycles. The van der Waals surface area contributed by atoms with Gasteiger partial charge in [0.2, 0.25) is 0 Å². The summed E-state index contributed by atoms with van der Waals surface area (Å²) in [6, 6.07) is 3.89. The lowest BCUT2D eigenvalue weighted by atomic mass is 10.0. The lowest BCUT2D eigenvalue weighted by Gasteiger charge is -2.16. The summed E-state index contributed by atoms with van der Waals surface area (Å²) in [5.41, 5.74) is 1.82. The van der Waals surface area contributed by atoms with Crippen LogP contribution in [0.2, 0.25) is 0 Å². The zero-order valence-electron chi connectivity index (χ0n) is 13.7. The zero-order valence-corrected chi connectivity index (χ0v) is 13.7. The number of nitrogens with one attached hydrogen (secondary N) is 1. The second-order valence-corrected chi connectivity index (χ2v) is 5.88. The quantitative estimate of drug-likeness (QED) is 0.902. The van der Waals surface area contributed by atoms with Crippen LogP contribution in [0.5, 0.6) is 0 Å². The molecule has 124 valence electrons. The van der Waals surface area contributed by atoms with Gasteiger partial charge in [-0.1, -0.05) is 0 Å². The molecule has 2 aromatic heterocycles. The summed E-state index contributed by atoms with van der Waals surface area (Å²) in [4.78, 5) is 22.8. The van der Waals surface area contributed by atoms with Gasteiger partial charge in [-0.05, 0) is 24.5 Å². The molecule has 0 radical (unpaired) electrons. The predicted octanol–water partition coefficient (Wildman–Crippen LogP) is 1.28. The molecule has 0 spiro atoms. The second kappa shape index (κ2) is 6.95. The lowest BCUT2D eigenvalue weighted by Crippen LogP contribution is -2.36. The fraction of sp³-hybridized carbons (Fsp3) is 0.562. The number of nitrogens with zero attached hydrogens (tertiary/aromatic N) is 4. The van der Waals surface area contributed by atoms with Crippen molar-refractivity contribution in [3.05, 3.63) is 24.2 Å². The van der Waals surface area contributed by atoms with Gasteiger partial charge in [-0.15, -0.1) is 0 Å². The van der Waals surface area contributed by atoms with Crippen molar-refractivity contribution in [3.63, 3.8) is 0 Å².